The van der Waals surface area contributed by atoms with E-state index in [0.29, 0.717) is 17.2 Å². The number of nitrogens with zero attached hydrogens (tertiary/aromatic N) is 2. The van der Waals surface area contributed by atoms with Crippen LogP contribution in [0.15, 0.2) is 36.7 Å². The van der Waals surface area contributed by atoms with Crippen LogP contribution >= 0.6 is 11.6 Å². The number of carbonyl (C=O) groups is 1. The van der Waals surface area contributed by atoms with Crippen molar-refractivity contribution < 1.29 is 4.79 Å². The third kappa shape index (κ3) is 2.73. The molecule has 0 radical (unpaired) electrons. The van der Waals surface area contributed by atoms with Gasteiger partial charge in [-0.25, -0.2) is 15.8 Å². The minimum atomic E-state index is -0.341. The van der Waals surface area contributed by atoms with Gasteiger partial charge in [0.1, 0.15) is 5.82 Å². The van der Waals surface area contributed by atoms with Gasteiger partial charge in [0, 0.05) is 12.4 Å². The van der Waals surface area contributed by atoms with Crippen LogP contribution in [0.5, 0.6) is 0 Å². The number of carbonyl (C=O) groups excluding carboxylic acids is 1. The maximum Gasteiger partial charge on any atom is 0.258 e. The number of nitrogens with one attached hydrogen (secondary N) is 2. The van der Waals surface area contributed by atoms with Crippen molar-refractivity contribution in [1.82, 2.24) is 9.97 Å². The van der Waals surface area contributed by atoms with E-state index in [1.165, 1.54) is 12.3 Å². The summed E-state index contributed by atoms with van der Waals surface area (Å²) in [5.41, 5.74) is 2.65. The first-order valence-corrected chi connectivity index (χ1v) is 5.43. The van der Waals surface area contributed by atoms with Crippen LogP contribution in [0.1, 0.15) is 10.4 Å². The summed E-state index contributed by atoms with van der Waals surface area (Å²) in [6.07, 6.45) is 2.96. The van der Waals surface area contributed by atoms with Crippen molar-refractivity contribution in [2.24, 2.45) is 5.84 Å². The Kier molecular flexibility index (Phi) is 3.71. The highest BCUT2D eigenvalue weighted by molar-refractivity contribution is 6.33. The van der Waals surface area contributed by atoms with Crippen molar-refractivity contribution in [1.29, 1.82) is 0 Å². The molecule has 7 heteroatoms. The minimum Gasteiger partial charge on any atom is -0.307 e. The zero-order valence-electron chi connectivity index (χ0n) is 9.22. The number of aromatic nitrogens is 2. The van der Waals surface area contributed by atoms with Crippen LogP contribution in [0.4, 0.5) is 11.6 Å². The van der Waals surface area contributed by atoms with E-state index in [4.69, 9.17) is 17.4 Å². The number of nitrogen functional groups attached to an aromatic ring is 1. The summed E-state index contributed by atoms with van der Waals surface area (Å²) in [5, 5.41) is 2.89. The summed E-state index contributed by atoms with van der Waals surface area (Å²) in [4.78, 5) is 19.8. The normalized spacial score (nSPS) is 9.89. The molecular formula is C11H10ClN5O. The van der Waals surface area contributed by atoms with Crippen molar-refractivity contribution in [2.45, 2.75) is 0 Å². The van der Waals surface area contributed by atoms with E-state index < -0.39 is 0 Å². The highest BCUT2D eigenvalue weighted by atomic mass is 35.5. The van der Waals surface area contributed by atoms with E-state index in [0.717, 1.165) is 0 Å². The Hall–Kier alpha value is -2.18. The predicted octanol–water partition coefficient (Wildman–Crippen LogP) is 1.67. The van der Waals surface area contributed by atoms with E-state index in [1.54, 1.807) is 24.4 Å². The van der Waals surface area contributed by atoms with Crippen LogP contribution in [-0.4, -0.2) is 15.9 Å². The van der Waals surface area contributed by atoms with Gasteiger partial charge in [-0.3, -0.25) is 4.79 Å². The van der Waals surface area contributed by atoms with E-state index in [9.17, 15) is 4.79 Å². The maximum atomic E-state index is 11.9. The molecule has 18 heavy (non-hydrogen) atoms. The molecule has 0 aromatic carbocycles. The van der Waals surface area contributed by atoms with Crippen molar-refractivity contribution in [2.75, 3.05) is 10.7 Å². The number of halogens is 1. The first kappa shape index (κ1) is 12.3. The Bertz CT molecular complexity index is 561. The SMILES string of the molecule is NNc1ncc(C(=O)Nc2ccccn2)cc1Cl. The zero-order chi connectivity index (χ0) is 13.0. The second-order valence-electron chi connectivity index (χ2n) is 3.37. The number of amides is 1. The summed E-state index contributed by atoms with van der Waals surface area (Å²) in [6, 6.07) is 6.69. The Morgan fingerprint density at radius 1 is 1.33 bits per heavy atom. The number of anilines is 2. The first-order valence-electron chi connectivity index (χ1n) is 5.05. The lowest BCUT2D eigenvalue weighted by molar-refractivity contribution is 0.102. The monoisotopic (exact) mass is 263 g/mol. The highest BCUT2D eigenvalue weighted by Crippen LogP contribution is 2.19. The van der Waals surface area contributed by atoms with E-state index in [2.05, 4.69) is 20.7 Å². The van der Waals surface area contributed by atoms with Gasteiger partial charge in [0.05, 0.1) is 10.6 Å². The molecule has 2 aromatic heterocycles. The van der Waals surface area contributed by atoms with Gasteiger partial charge in [-0.1, -0.05) is 17.7 Å². The molecule has 0 aliphatic heterocycles. The molecule has 0 atom stereocenters. The summed E-state index contributed by atoms with van der Waals surface area (Å²) < 4.78 is 0. The van der Waals surface area contributed by atoms with Crippen LogP contribution in [0.3, 0.4) is 0 Å². The van der Waals surface area contributed by atoms with Gasteiger partial charge in [0.2, 0.25) is 0 Å². The van der Waals surface area contributed by atoms with E-state index >= 15 is 0 Å². The third-order valence-electron chi connectivity index (χ3n) is 2.15. The summed E-state index contributed by atoms with van der Waals surface area (Å²) in [5.74, 6) is 5.62. The van der Waals surface area contributed by atoms with Crippen molar-refractivity contribution >= 4 is 29.1 Å². The number of nitrogens with two attached hydrogens (primary N) is 1. The highest BCUT2D eigenvalue weighted by Gasteiger charge is 2.10. The topological polar surface area (TPSA) is 92.9 Å². The van der Waals surface area contributed by atoms with Gasteiger partial charge < -0.3 is 10.7 Å². The fourth-order valence-electron chi connectivity index (χ4n) is 1.29. The van der Waals surface area contributed by atoms with Crippen LogP contribution < -0.4 is 16.6 Å². The van der Waals surface area contributed by atoms with Crippen LogP contribution in [0.25, 0.3) is 0 Å². The molecule has 2 rings (SSSR count). The predicted molar refractivity (Wildman–Crippen MR) is 69.2 cm³/mol. The molecule has 0 aliphatic rings. The molecule has 0 saturated carbocycles. The van der Waals surface area contributed by atoms with Gasteiger partial charge in [-0.05, 0) is 18.2 Å². The zero-order valence-corrected chi connectivity index (χ0v) is 9.98. The molecule has 2 aromatic rings. The molecule has 92 valence electrons. The quantitative estimate of drug-likeness (QED) is 0.579. The molecule has 0 saturated heterocycles. The Morgan fingerprint density at radius 2 is 2.17 bits per heavy atom. The summed E-state index contributed by atoms with van der Waals surface area (Å²) in [6.45, 7) is 0. The summed E-state index contributed by atoms with van der Waals surface area (Å²) >= 11 is 5.88. The average Bonchev–Trinajstić information content (AvgIpc) is 2.39. The number of hydrogen-bond donors (Lipinski definition) is 3. The summed E-state index contributed by atoms with van der Waals surface area (Å²) in [7, 11) is 0. The second-order valence-corrected chi connectivity index (χ2v) is 3.78. The van der Waals surface area contributed by atoms with Crippen molar-refractivity contribution in [3.63, 3.8) is 0 Å². The van der Waals surface area contributed by atoms with Gasteiger partial charge >= 0.3 is 0 Å². The Balaban J connectivity index is 2.17. The lowest BCUT2D eigenvalue weighted by atomic mass is 10.2. The number of rotatable bonds is 3. The lowest BCUT2D eigenvalue weighted by Gasteiger charge is -2.06. The molecule has 2 heterocycles. The molecule has 0 spiro atoms. The molecule has 0 unspecified atom stereocenters. The second kappa shape index (κ2) is 5.44. The number of pyridine rings is 2. The number of hydrogen-bond acceptors (Lipinski definition) is 5. The average molecular weight is 264 g/mol. The van der Waals surface area contributed by atoms with Crippen LogP contribution in [0, 0.1) is 0 Å². The van der Waals surface area contributed by atoms with Gasteiger partial charge in [-0.15, -0.1) is 0 Å². The van der Waals surface area contributed by atoms with E-state index in [1.807, 2.05) is 0 Å². The van der Waals surface area contributed by atoms with Gasteiger partial charge in [-0.2, -0.15) is 0 Å². The maximum absolute atomic E-state index is 11.9. The fraction of sp³-hybridized carbons (Fsp3) is 0. The smallest absolute Gasteiger partial charge is 0.258 e. The molecule has 1 amide bonds. The third-order valence-corrected chi connectivity index (χ3v) is 2.43. The molecule has 6 nitrogen and oxygen atoms in total. The fourth-order valence-corrected chi connectivity index (χ4v) is 1.51. The van der Waals surface area contributed by atoms with E-state index in [-0.39, 0.29) is 10.9 Å². The lowest BCUT2D eigenvalue weighted by Crippen LogP contribution is -2.14. The molecule has 0 fully saturated rings. The standard InChI is InChI=1S/C11H10ClN5O/c12-8-5-7(6-15-10(8)17-13)11(18)16-9-3-1-2-4-14-9/h1-6H,13H2,(H,15,17)(H,14,16,18). The molecule has 0 bridgehead atoms. The van der Waals surface area contributed by atoms with Gasteiger partial charge in [0.15, 0.2) is 5.82 Å². The van der Waals surface area contributed by atoms with Gasteiger partial charge in [0.25, 0.3) is 5.91 Å². The van der Waals surface area contributed by atoms with Crippen LogP contribution in [0.2, 0.25) is 5.02 Å². The molecule has 4 N–H and O–H groups in total. The minimum absolute atomic E-state index is 0.270. The Morgan fingerprint density at radius 3 is 2.78 bits per heavy atom. The van der Waals surface area contributed by atoms with Crippen molar-refractivity contribution in [3.8, 4) is 0 Å². The molecule has 0 aliphatic carbocycles. The number of hydrazine groups is 1. The van der Waals surface area contributed by atoms with Crippen LogP contribution in [-0.2, 0) is 0 Å². The van der Waals surface area contributed by atoms with Crippen molar-refractivity contribution in [3.05, 3.63) is 47.2 Å². The first-order chi connectivity index (χ1) is 8.70. The Labute approximate surface area is 108 Å². The largest absolute Gasteiger partial charge is 0.307 e. The molecular weight excluding hydrogens is 254 g/mol.